The van der Waals surface area contributed by atoms with Crippen LogP contribution in [-0.4, -0.2) is 16.1 Å². The van der Waals surface area contributed by atoms with E-state index in [-0.39, 0.29) is 43.3 Å². The van der Waals surface area contributed by atoms with E-state index in [2.05, 4.69) is 416 Å². The van der Waals surface area contributed by atoms with Crippen LogP contribution in [0.1, 0.15) is 316 Å². The summed E-state index contributed by atoms with van der Waals surface area (Å²) in [5.41, 5.74) is 25.4. The zero-order valence-electron chi connectivity index (χ0n) is 67.4. The Kier molecular flexibility index (Phi) is 26.4. The van der Waals surface area contributed by atoms with Gasteiger partial charge in [-0.15, -0.1) is 11.1 Å². The van der Waals surface area contributed by atoms with Crippen LogP contribution in [0.25, 0.3) is 0 Å². The molecular formula is C94H126Si2. The summed E-state index contributed by atoms with van der Waals surface area (Å²) in [5, 5.41) is 0. The second kappa shape index (κ2) is 31.0. The summed E-state index contributed by atoms with van der Waals surface area (Å²) in [6.07, 6.45) is 0. The van der Waals surface area contributed by atoms with Crippen molar-refractivity contribution in [1.82, 2.24) is 0 Å². The van der Waals surface area contributed by atoms with E-state index in [9.17, 15) is 0 Å². The second-order valence-corrected chi connectivity index (χ2v) is 48.7. The summed E-state index contributed by atoms with van der Waals surface area (Å²) >= 11 is 0. The fourth-order valence-corrected chi connectivity index (χ4v) is 23.2. The third-order valence-electron chi connectivity index (χ3n) is 19.5. The minimum Gasteiger partial charge on any atom is -0.124 e. The molecule has 4 aromatic carbocycles. The van der Waals surface area contributed by atoms with Crippen molar-refractivity contribution in [3.05, 3.63) is 162 Å². The van der Waals surface area contributed by atoms with Crippen LogP contribution in [-0.2, 0) is 43.3 Å². The van der Waals surface area contributed by atoms with Crippen molar-refractivity contribution in [3.63, 3.8) is 0 Å². The van der Waals surface area contributed by atoms with Crippen molar-refractivity contribution in [3.8, 4) is 94.0 Å². The molecule has 0 atom stereocenters. The van der Waals surface area contributed by atoms with E-state index >= 15 is 0 Å². The van der Waals surface area contributed by atoms with Gasteiger partial charge >= 0.3 is 0 Å². The molecule has 0 aromatic heterocycles. The summed E-state index contributed by atoms with van der Waals surface area (Å²) < 4.78 is 0. The van der Waals surface area contributed by atoms with Crippen LogP contribution in [0.5, 0.6) is 0 Å². The number of hydrogen-bond acceptors (Lipinski definition) is 0. The molecule has 0 aliphatic heterocycles. The predicted octanol–water partition coefficient (Wildman–Crippen LogP) is 24.6. The van der Waals surface area contributed by atoms with E-state index in [4.69, 9.17) is 0 Å². The smallest absolute Gasteiger partial charge is 0.124 e. The monoisotopic (exact) mass is 1310 g/mol. The normalized spacial score (nSPS) is 12.5. The molecule has 4 aromatic rings. The zero-order valence-corrected chi connectivity index (χ0v) is 69.4. The molecule has 2 heteroatoms. The standard InChI is InChI=1S/C94H126Si2/c1-65(2)95(66(3)4,67(5)6)51-49-75(77(45-41-71-53-79(87(13,14)15)61-80(54-71)88(16,17)18)46-42-72-55-81(89(19,20)21)62-82(56-72)90(22,23)24)39-37-38-40-76(50-52-96(68(7)8,69(9)10)70(11)12)78(47-43-73-57-83(91(25,26)27)63-84(58-73)92(28,29)30)48-44-74-59-85(93(31,32)33)64-86(60-74)94(34,35)36/h53-70H,1-36H3. The zero-order chi connectivity index (χ0) is 73.5. The number of rotatable bonds is 6. The van der Waals surface area contributed by atoms with Crippen molar-refractivity contribution in [1.29, 1.82) is 0 Å². The Bertz CT molecular complexity index is 3470. The summed E-state index contributed by atoms with van der Waals surface area (Å²) in [6.45, 7) is 82.8. The highest BCUT2D eigenvalue weighted by atomic mass is 28.3. The van der Waals surface area contributed by atoms with Crippen molar-refractivity contribution in [2.75, 3.05) is 0 Å². The molecule has 0 nitrogen and oxygen atoms in total. The molecule has 0 saturated heterocycles. The van der Waals surface area contributed by atoms with E-state index in [0.29, 0.717) is 55.5 Å². The topological polar surface area (TPSA) is 0 Å². The quantitative estimate of drug-likeness (QED) is 0.133. The van der Waals surface area contributed by atoms with Crippen LogP contribution in [0, 0.1) is 94.0 Å². The molecule has 4 rings (SSSR count). The van der Waals surface area contributed by atoms with Gasteiger partial charge in [-0.1, -0.05) is 333 Å². The number of benzene rings is 4. The second-order valence-electron chi connectivity index (χ2n) is 37.5. The Labute approximate surface area is 594 Å². The molecular weight excluding hydrogens is 1190 g/mol. The van der Waals surface area contributed by atoms with Gasteiger partial charge in [-0.3, -0.25) is 0 Å². The Morgan fingerprint density at radius 1 is 0.219 bits per heavy atom. The fourth-order valence-electron chi connectivity index (χ4n) is 12.8. The van der Waals surface area contributed by atoms with Gasteiger partial charge in [-0.2, -0.15) is 0 Å². The molecule has 96 heavy (non-hydrogen) atoms. The summed E-state index contributed by atoms with van der Waals surface area (Å²) in [6, 6.07) is 27.3. The molecule has 0 heterocycles. The maximum atomic E-state index is 4.06. The summed E-state index contributed by atoms with van der Waals surface area (Å²) in [4.78, 5) is 0. The fraction of sp³-hybridized carbons (Fsp3) is 0.532. The Hall–Kier alpha value is -6.73. The number of hydrogen-bond donors (Lipinski definition) is 0. The van der Waals surface area contributed by atoms with Crippen molar-refractivity contribution in [2.24, 2.45) is 0 Å². The van der Waals surface area contributed by atoms with E-state index in [1.807, 2.05) is 0 Å². The molecule has 0 radical (unpaired) electrons. The van der Waals surface area contributed by atoms with Crippen LogP contribution >= 0.6 is 0 Å². The molecule has 0 spiro atoms. The van der Waals surface area contributed by atoms with Crippen LogP contribution in [0.4, 0.5) is 0 Å². The Balaban J connectivity index is 2.51. The third-order valence-corrected chi connectivity index (χ3v) is 32.0. The van der Waals surface area contributed by atoms with Crippen LogP contribution < -0.4 is 0 Å². The average Bonchev–Trinajstić information content (AvgIpc) is 0.847. The minimum absolute atomic E-state index is 0.102. The largest absolute Gasteiger partial charge is 0.146 e. The molecule has 0 amide bonds. The predicted molar refractivity (Wildman–Crippen MR) is 430 cm³/mol. The van der Waals surface area contributed by atoms with E-state index in [0.717, 1.165) is 22.3 Å². The molecule has 0 N–H and O–H groups in total. The molecule has 0 saturated carbocycles. The molecule has 510 valence electrons. The Morgan fingerprint density at radius 3 is 0.500 bits per heavy atom. The summed E-state index contributed by atoms with van der Waals surface area (Å²) in [7, 11) is -4.68. The van der Waals surface area contributed by atoms with Crippen LogP contribution in [0.2, 0.25) is 33.2 Å². The first-order chi connectivity index (χ1) is 43.5. The first-order valence-electron chi connectivity index (χ1n) is 35.8. The molecule has 0 aliphatic carbocycles. The summed E-state index contributed by atoms with van der Waals surface area (Å²) in [5.74, 6) is 51.2. The van der Waals surface area contributed by atoms with E-state index < -0.39 is 16.1 Å². The molecule has 0 bridgehead atoms. The van der Waals surface area contributed by atoms with Gasteiger partial charge in [0.15, 0.2) is 0 Å². The first kappa shape index (κ1) is 81.7. The van der Waals surface area contributed by atoms with Gasteiger partial charge in [0.25, 0.3) is 0 Å². The minimum atomic E-state index is -2.34. The lowest BCUT2D eigenvalue weighted by molar-refractivity contribution is 0.567. The molecule has 0 unspecified atom stereocenters. The molecule has 0 aliphatic rings. The average molecular weight is 1310 g/mol. The number of allylic oxidation sites excluding steroid dienone is 4. The van der Waals surface area contributed by atoms with Crippen molar-refractivity contribution >= 4 is 16.1 Å². The van der Waals surface area contributed by atoms with Gasteiger partial charge in [0.2, 0.25) is 0 Å². The lowest BCUT2D eigenvalue weighted by Crippen LogP contribution is -2.43. The first-order valence-corrected chi connectivity index (χ1v) is 40.3. The maximum Gasteiger partial charge on any atom is 0.146 e. The highest BCUT2D eigenvalue weighted by molar-refractivity contribution is 6.91. The van der Waals surface area contributed by atoms with Gasteiger partial charge in [0, 0.05) is 22.3 Å². The molecule has 0 fully saturated rings. The van der Waals surface area contributed by atoms with Crippen molar-refractivity contribution < 1.29 is 0 Å². The van der Waals surface area contributed by atoms with Gasteiger partial charge in [-0.05, 0) is 193 Å². The van der Waals surface area contributed by atoms with Gasteiger partial charge in [-0.25, -0.2) is 0 Å². The lowest BCUT2D eigenvalue weighted by Gasteiger charge is -2.38. The SMILES string of the molecule is CC(C)[Si](C#CC(C#CC#CC(C#C[Si](C(C)C)(C(C)C)C(C)C)=C(C#Cc1cc(C(C)(C)C)cc(C(C)(C)C)c1)C#Cc1cc(C(C)(C)C)cc(C(C)(C)C)c1)=C(C#Cc1cc(C(C)(C)C)cc(C(C)(C)C)c1)C#Cc1cc(C(C)(C)C)cc(C(C)(C)C)c1)(C(C)C)C(C)C. The van der Waals surface area contributed by atoms with Crippen LogP contribution in [0.3, 0.4) is 0 Å². The van der Waals surface area contributed by atoms with Gasteiger partial charge in [0.05, 0.1) is 22.3 Å². The van der Waals surface area contributed by atoms with E-state index in [1.54, 1.807) is 0 Å². The maximum absolute atomic E-state index is 4.06. The van der Waals surface area contributed by atoms with Crippen LogP contribution in [0.15, 0.2) is 95.1 Å². The Morgan fingerprint density at radius 2 is 0.365 bits per heavy atom. The lowest BCUT2D eigenvalue weighted by atomic mass is 9.79. The van der Waals surface area contributed by atoms with Crippen molar-refractivity contribution in [2.45, 2.75) is 326 Å². The third kappa shape index (κ3) is 21.9. The highest BCUT2D eigenvalue weighted by Crippen LogP contribution is 2.43. The van der Waals surface area contributed by atoms with Gasteiger partial charge < -0.3 is 0 Å². The highest BCUT2D eigenvalue weighted by Gasteiger charge is 2.43. The van der Waals surface area contributed by atoms with E-state index in [1.165, 1.54) is 44.5 Å². The van der Waals surface area contributed by atoms with Gasteiger partial charge in [0.1, 0.15) is 16.1 Å².